The van der Waals surface area contributed by atoms with E-state index in [0.29, 0.717) is 24.3 Å². The average molecular weight is 392 g/mol. The van der Waals surface area contributed by atoms with Gasteiger partial charge in [0.1, 0.15) is 17.2 Å². The monoisotopic (exact) mass is 392 g/mol. The van der Waals surface area contributed by atoms with E-state index in [-0.39, 0.29) is 17.3 Å². The van der Waals surface area contributed by atoms with Gasteiger partial charge in [-0.2, -0.15) is 5.10 Å². The van der Waals surface area contributed by atoms with Crippen molar-refractivity contribution in [3.8, 4) is 5.69 Å². The van der Waals surface area contributed by atoms with Crippen LogP contribution in [0.25, 0.3) is 5.69 Å². The molecule has 148 valence electrons. The first-order valence-corrected chi connectivity index (χ1v) is 9.63. The molecule has 1 fully saturated rings. The normalized spacial score (nSPS) is 13.9. The number of carbonyl (C=O) groups excluding carboxylic acids is 2. The molecule has 4 rings (SSSR count). The number of aromatic nitrogens is 2. The fourth-order valence-electron chi connectivity index (χ4n) is 3.47. The summed E-state index contributed by atoms with van der Waals surface area (Å²) >= 11 is 0. The number of halogens is 1. The molecule has 0 radical (unpaired) electrons. The molecule has 0 aliphatic carbocycles. The summed E-state index contributed by atoms with van der Waals surface area (Å²) < 4.78 is 15.1. The molecule has 2 amide bonds. The Hall–Kier alpha value is -3.48. The van der Waals surface area contributed by atoms with Gasteiger partial charge in [0, 0.05) is 18.7 Å². The summed E-state index contributed by atoms with van der Waals surface area (Å²) in [6.45, 7) is 1.37. The van der Waals surface area contributed by atoms with Gasteiger partial charge >= 0.3 is 0 Å². The highest BCUT2D eigenvalue weighted by molar-refractivity contribution is 6.08. The number of benzene rings is 2. The van der Waals surface area contributed by atoms with Gasteiger partial charge in [0.05, 0.1) is 11.9 Å². The van der Waals surface area contributed by atoms with Crippen LogP contribution < -0.4 is 5.32 Å². The summed E-state index contributed by atoms with van der Waals surface area (Å²) in [5, 5.41) is 7.12. The van der Waals surface area contributed by atoms with E-state index in [4.69, 9.17) is 0 Å². The molecule has 1 aliphatic rings. The van der Waals surface area contributed by atoms with Gasteiger partial charge in [-0.25, -0.2) is 9.07 Å². The first kappa shape index (κ1) is 18.9. The lowest BCUT2D eigenvalue weighted by molar-refractivity contribution is 0.0725. The topological polar surface area (TPSA) is 67.2 Å². The molecule has 0 unspecified atom stereocenters. The zero-order valence-electron chi connectivity index (χ0n) is 15.8. The van der Waals surface area contributed by atoms with Gasteiger partial charge in [-0.15, -0.1) is 0 Å². The molecule has 3 aromatic rings. The Labute approximate surface area is 167 Å². The molecule has 7 heteroatoms. The third-order valence-electron chi connectivity index (χ3n) is 4.96. The molecular weight excluding hydrogens is 371 g/mol. The van der Waals surface area contributed by atoms with Crippen molar-refractivity contribution < 1.29 is 14.0 Å². The van der Waals surface area contributed by atoms with Crippen LogP contribution in [0.2, 0.25) is 0 Å². The molecule has 0 spiro atoms. The van der Waals surface area contributed by atoms with E-state index in [0.717, 1.165) is 25.3 Å². The number of hydrogen-bond donors (Lipinski definition) is 1. The van der Waals surface area contributed by atoms with Crippen molar-refractivity contribution in [1.29, 1.82) is 0 Å². The zero-order chi connectivity index (χ0) is 20.2. The highest BCUT2D eigenvalue weighted by Crippen LogP contribution is 2.24. The summed E-state index contributed by atoms with van der Waals surface area (Å²) in [7, 11) is 0. The maximum atomic E-state index is 13.5. The van der Waals surface area contributed by atoms with E-state index in [1.54, 1.807) is 4.90 Å². The predicted octanol–water partition coefficient (Wildman–Crippen LogP) is 3.89. The van der Waals surface area contributed by atoms with Crippen molar-refractivity contribution in [2.75, 3.05) is 18.4 Å². The SMILES string of the molecule is O=C(Nc1c(C(=O)N2CCCCC2)cnn1-c1ccccc1)c1cccc(F)c1. The molecule has 0 atom stereocenters. The molecule has 2 aromatic carbocycles. The molecule has 0 saturated carbocycles. The van der Waals surface area contributed by atoms with Crippen molar-refractivity contribution in [2.45, 2.75) is 19.3 Å². The van der Waals surface area contributed by atoms with Crippen LogP contribution in [0.5, 0.6) is 0 Å². The van der Waals surface area contributed by atoms with Crippen LogP contribution in [0.1, 0.15) is 40.0 Å². The highest BCUT2D eigenvalue weighted by Gasteiger charge is 2.26. The second-order valence-electron chi connectivity index (χ2n) is 6.97. The van der Waals surface area contributed by atoms with E-state index < -0.39 is 11.7 Å². The lowest BCUT2D eigenvalue weighted by atomic mass is 10.1. The molecule has 6 nitrogen and oxygen atoms in total. The largest absolute Gasteiger partial charge is 0.338 e. The van der Waals surface area contributed by atoms with Crippen LogP contribution >= 0.6 is 0 Å². The minimum Gasteiger partial charge on any atom is -0.338 e. The first-order valence-electron chi connectivity index (χ1n) is 9.63. The summed E-state index contributed by atoms with van der Waals surface area (Å²) in [5.74, 6) is -0.892. The molecule has 0 bridgehead atoms. The summed E-state index contributed by atoms with van der Waals surface area (Å²) in [6, 6.07) is 14.7. The van der Waals surface area contributed by atoms with E-state index in [2.05, 4.69) is 10.4 Å². The van der Waals surface area contributed by atoms with Crippen LogP contribution in [0, 0.1) is 5.82 Å². The van der Waals surface area contributed by atoms with Gasteiger partial charge in [0.25, 0.3) is 11.8 Å². The van der Waals surface area contributed by atoms with Gasteiger partial charge in [-0.1, -0.05) is 24.3 Å². The Bertz CT molecular complexity index is 1030. The van der Waals surface area contributed by atoms with Crippen LogP contribution in [0.3, 0.4) is 0 Å². The van der Waals surface area contributed by atoms with E-state index in [9.17, 15) is 14.0 Å². The van der Waals surface area contributed by atoms with Gasteiger partial charge in [-0.05, 0) is 49.6 Å². The Morgan fingerprint density at radius 2 is 1.72 bits per heavy atom. The van der Waals surface area contributed by atoms with Gasteiger partial charge < -0.3 is 10.2 Å². The third kappa shape index (κ3) is 4.03. The molecule has 29 heavy (non-hydrogen) atoms. The smallest absolute Gasteiger partial charge is 0.259 e. The fourth-order valence-corrected chi connectivity index (χ4v) is 3.47. The van der Waals surface area contributed by atoms with Crippen molar-refractivity contribution in [3.63, 3.8) is 0 Å². The van der Waals surface area contributed by atoms with Gasteiger partial charge in [0.15, 0.2) is 0 Å². The fraction of sp³-hybridized carbons (Fsp3) is 0.227. The Kier molecular flexibility index (Phi) is 5.37. The van der Waals surface area contributed by atoms with Crippen LogP contribution in [0.4, 0.5) is 10.2 Å². The van der Waals surface area contributed by atoms with Crippen molar-refractivity contribution in [3.05, 3.63) is 77.7 Å². The van der Waals surface area contributed by atoms with E-state index >= 15 is 0 Å². The second-order valence-corrected chi connectivity index (χ2v) is 6.97. The minimum absolute atomic E-state index is 0.165. The zero-order valence-corrected chi connectivity index (χ0v) is 15.8. The Morgan fingerprint density at radius 3 is 2.45 bits per heavy atom. The third-order valence-corrected chi connectivity index (χ3v) is 4.96. The number of nitrogens with zero attached hydrogens (tertiary/aromatic N) is 3. The van der Waals surface area contributed by atoms with Crippen molar-refractivity contribution >= 4 is 17.6 Å². The number of anilines is 1. The lowest BCUT2D eigenvalue weighted by Crippen LogP contribution is -2.36. The molecule has 1 N–H and O–H groups in total. The van der Waals surface area contributed by atoms with E-state index in [1.807, 2.05) is 30.3 Å². The molecule has 1 saturated heterocycles. The Morgan fingerprint density at radius 1 is 0.966 bits per heavy atom. The number of piperidine rings is 1. The van der Waals surface area contributed by atoms with Crippen LogP contribution in [-0.2, 0) is 0 Å². The van der Waals surface area contributed by atoms with Crippen LogP contribution in [0.15, 0.2) is 60.8 Å². The van der Waals surface area contributed by atoms with Crippen LogP contribution in [-0.4, -0.2) is 39.6 Å². The lowest BCUT2D eigenvalue weighted by Gasteiger charge is -2.26. The quantitative estimate of drug-likeness (QED) is 0.733. The van der Waals surface area contributed by atoms with Gasteiger partial charge in [-0.3, -0.25) is 9.59 Å². The molecular formula is C22H21FN4O2. The van der Waals surface area contributed by atoms with Crippen molar-refractivity contribution in [1.82, 2.24) is 14.7 Å². The van der Waals surface area contributed by atoms with Gasteiger partial charge in [0.2, 0.25) is 0 Å². The average Bonchev–Trinajstić information content (AvgIpc) is 3.18. The first-order chi connectivity index (χ1) is 14.1. The maximum Gasteiger partial charge on any atom is 0.259 e. The molecule has 1 aliphatic heterocycles. The second kappa shape index (κ2) is 8.26. The van der Waals surface area contributed by atoms with Crippen molar-refractivity contribution in [2.24, 2.45) is 0 Å². The number of rotatable bonds is 4. The molecule has 2 heterocycles. The standard InChI is InChI=1S/C22H21FN4O2/c23-17-9-7-8-16(14-17)21(28)25-20-19(22(29)26-12-5-2-6-13-26)15-24-27(20)18-10-3-1-4-11-18/h1,3-4,7-11,14-15H,2,5-6,12-13H2,(H,25,28). The summed E-state index contributed by atoms with van der Waals surface area (Å²) in [5.41, 5.74) is 1.20. The summed E-state index contributed by atoms with van der Waals surface area (Å²) in [6.07, 6.45) is 4.51. The highest BCUT2D eigenvalue weighted by atomic mass is 19.1. The van der Waals surface area contributed by atoms with E-state index in [1.165, 1.54) is 29.1 Å². The maximum absolute atomic E-state index is 13.5. The summed E-state index contributed by atoms with van der Waals surface area (Å²) in [4.78, 5) is 27.6. The minimum atomic E-state index is -0.505. The number of para-hydroxylation sites is 1. The molecule has 1 aromatic heterocycles. The number of hydrogen-bond acceptors (Lipinski definition) is 3. The predicted molar refractivity (Wildman–Crippen MR) is 108 cm³/mol. The number of amides is 2. The Balaban J connectivity index is 1.71. The number of likely N-dealkylation sites (tertiary alicyclic amines) is 1. The number of carbonyl (C=O) groups is 2. The number of nitrogens with one attached hydrogen (secondary N) is 1.